The Labute approximate surface area is 124 Å². The van der Waals surface area contributed by atoms with Gasteiger partial charge in [-0.2, -0.15) is 0 Å². The smallest absolute Gasteiger partial charge is 0.359 e. The fourth-order valence-corrected chi connectivity index (χ4v) is 2.50. The van der Waals surface area contributed by atoms with Crippen molar-refractivity contribution >= 4 is 11.7 Å². The summed E-state index contributed by atoms with van der Waals surface area (Å²) in [6.07, 6.45) is 1.69. The number of benzene rings is 1. The molecule has 0 atom stereocenters. The van der Waals surface area contributed by atoms with E-state index in [-0.39, 0.29) is 5.97 Å². The van der Waals surface area contributed by atoms with Gasteiger partial charge in [0.2, 0.25) is 0 Å². The van der Waals surface area contributed by atoms with Crippen LogP contribution in [0, 0.1) is 6.92 Å². The Bertz CT molecular complexity index is 711. The maximum atomic E-state index is 12.2. The number of carbonyl (C=O) groups is 1. The molecule has 0 amide bonds. The topological polar surface area (TPSA) is 56.1 Å². The predicted molar refractivity (Wildman–Crippen MR) is 80.8 cm³/mol. The van der Waals surface area contributed by atoms with Crippen molar-refractivity contribution in [2.45, 2.75) is 39.8 Å². The summed E-state index contributed by atoms with van der Waals surface area (Å²) in [5.41, 5.74) is 3.96. The third kappa shape index (κ3) is 2.39. The number of rotatable bonds is 1. The van der Waals surface area contributed by atoms with E-state index in [1.807, 2.05) is 37.5 Å². The van der Waals surface area contributed by atoms with Crippen LogP contribution in [0.15, 0.2) is 24.5 Å². The predicted octanol–water partition coefficient (Wildman–Crippen LogP) is 3.06. The van der Waals surface area contributed by atoms with Crippen molar-refractivity contribution < 1.29 is 9.53 Å². The van der Waals surface area contributed by atoms with Gasteiger partial charge in [0.15, 0.2) is 5.69 Å². The summed E-state index contributed by atoms with van der Waals surface area (Å²) in [4.78, 5) is 16.5. The number of anilines is 1. The number of nitrogens with zero attached hydrogens (tertiary/aromatic N) is 2. The molecule has 1 aromatic heterocycles. The number of hydrogen-bond acceptors (Lipinski definition) is 4. The quantitative estimate of drug-likeness (QED) is 0.818. The van der Waals surface area contributed by atoms with Crippen LogP contribution in [-0.2, 0) is 11.3 Å². The van der Waals surface area contributed by atoms with Crippen LogP contribution >= 0.6 is 0 Å². The van der Waals surface area contributed by atoms with Gasteiger partial charge in [0, 0.05) is 0 Å². The van der Waals surface area contributed by atoms with Gasteiger partial charge in [-0.3, -0.25) is 4.57 Å². The summed E-state index contributed by atoms with van der Waals surface area (Å²) in [5.74, 6) is -0.380. The average molecular weight is 285 g/mol. The first-order valence-electron chi connectivity index (χ1n) is 7.00. The van der Waals surface area contributed by atoms with Crippen molar-refractivity contribution in [3.63, 3.8) is 0 Å². The summed E-state index contributed by atoms with van der Waals surface area (Å²) >= 11 is 0. The maximum absolute atomic E-state index is 12.2. The van der Waals surface area contributed by atoms with Crippen LogP contribution in [0.4, 0.5) is 5.69 Å². The van der Waals surface area contributed by atoms with E-state index in [1.165, 1.54) is 5.56 Å². The number of para-hydroxylation sites is 1. The van der Waals surface area contributed by atoms with Gasteiger partial charge in [0.05, 0.1) is 23.6 Å². The number of aromatic nitrogens is 2. The number of ether oxygens (including phenoxy) is 1. The van der Waals surface area contributed by atoms with E-state index in [4.69, 9.17) is 4.74 Å². The Balaban J connectivity index is 2.02. The van der Waals surface area contributed by atoms with Gasteiger partial charge in [-0.25, -0.2) is 9.78 Å². The summed E-state index contributed by atoms with van der Waals surface area (Å²) in [6, 6.07) is 6.07. The Morgan fingerprint density at radius 3 is 2.86 bits per heavy atom. The average Bonchev–Trinajstić information content (AvgIpc) is 2.81. The number of aryl methyl sites for hydroxylation is 1. The highest BCUT2D eigenvalue weighted by atomic mass is 16.6. The molecular weight excluding hydrogens is 266 g/mol. The van der Waals surface area contributed by atoms with Crippen molar-refractivity contribution in [2.75, 3.05) is 5.32 Å². The SMILES string of the molecule is Cc1cccc2c1NCc1c(C(=O)OC(C)(C)C)ncn1-2. The lowest BCUT2D eigenvalue weighted by molar-refractivity contribution is 0.00621. The van der Waals surface area contributed by atoms with E-state index in [0.717, 1.165) is 17.1 Å². The van der Waals surface area contributed by atoms with Crippen LogP contribution < -0.4 is 5.32 Å². The molecule has 1 aliphatic rings. The summed E-state index contributed by atoms with van der Waals surface area (Å²) in [7, 11) is 0. The maximum Gasteiger partial charge on any atom is 0.359 e. The molecule has 0 aliphatic carbocycles. The summed E-state index contributed by atoms with van der Waals surface area (Å²) < 4.78 is 7.37. The van der Waals surface area contributed by atoms with E-state index >= 15 is 0 Å². The Hall–Kier alpha value is -2.30. The van der Waals surface area contributed by atoms with Gasteiger partial charge in [-0.05, 0) is 39.3 Å². The van der Waals surface area contributed by atoms with Gasteiger partial charge in [-0.15, -0.1) is 0 Å². The molecule has 110 valence electrons. The molecule has 2 aromatic rings. The standard InChI is InChI=1S/C16H19N3O2/c1-10-6-5-7-11-13(10)17-8-12-14(18-9-19(11)12)15(20)21-16(2,3)4/h5-7,9,17H,8H2,1-4H3. The second kappa shape index (κ2) is 4.62. The first kappa shape index (κ1) is 13.7. The fourth-order valence-electron chi connectivity index (χ4n) is 2.50. The van der Waals surface area contributed by atoms with Gasteiger partial charge in [0.1, 0.15) is 11.9 Å². The number of carbonyl (C=O) groups excluding carboxylic acids is 1. The number of nitrogens with one attached hydrogen (secondary N) is 1. The zero-order chi connectivity index (χ0) is 15.2. The molecule has 0 saturated heterocycles. The molecule has 1 N–H and O–H groups in total. The van der Waals surface area contributed by atoms with Crippen LogP contribution in [0.5, 0.6) is 0 Å². The van der Waals surface area contributed by atoms with E-state index in [1.54, 1.807) is 6.33 Å². The molecule has 0 saturated carbocycles. The lowest BCUT2D eigenvalue weighted by Gasteiger charge is -2.23. The molecule has 0 unspecified atom stereocenters. The third-order valence-electron chi connectivity index (χ3n) is 3.40. The molecule has 1 aliphatic heterocycles. The van der Waals surface area contributed by atoms with Crippen molar-refractivity contribution in [3.05, 3.63) is 41.5 Å². The monoisotopic (exact) mass is 285 g/mol. The molecular formula is C16H19N3O2. The molecule has 1 aromatic carbocycles. The van der Waals surface area contributed by atoms with Gasteiger partial charge < -0.3 is 10.1 Å². The van der Waals surface area contributed by atoms with Crippen LogP contribution in [0.2, 0.25) is 0 Å². The largest absolute Gasteiger partial charge is 0.455 e. The number of imidazole rings is 1. The van der Waals surface area contributed by atoms with E-state index in [9.17, 15) is 4.79 Å². The molecule has 0 spiro atoms. The molecule has 0 bridgehead atoms. The zero-order valence-electron chi connectivity index (χ0n) is 12.7. The molecule has 5 nitrogen and oxygen atoms in total. The van der Waals surface area contributed by atoms with Crippen LogP contribution in [-0.4, -0.2) is 21.1 Å². The first-order valence-corrected chi connectivity index (χ1v) is 7.00. The van der Waals surface area contributed by atoms with Crippen LogP contribution in [0.25, 0.3) is 5.69 Å². The Kier molecular flexibility index (Phi) is 3.01. The van der Waals surface area contributed by atoms with Crippen LogP contribution in [0.1, 0.15) is 42.5 Å². The number of hydrogen-bond donors (Lipinski definition) is 1. The molecule has 0 fully saturated rings. The highest BCUT2D eigenvalue weighted by molar-refractivity contribution is 5.89. The minimum atomic E-state index is -0.524. The van der Waals surface area contributed by atoms with Gasteiger partial charge >= 0.3 is 5.97 Å². The van der Waals surface area contributed by atoms with E-state index in [2.05, 4.69) is 23.3 Å². The summed E-state index contributed by atoms with van der Waals surface area (Å²) in [5, 5.41) is 3.36. The van der Waals surface area contributed by atoms with Crippen LogP contribution in [0.3, 0.4) is 0 Å². The molecule has 0 radical (unpaired) electrons. The van der Waals surface area contributed by atoms with Crippen molar-refractivity contribution in [2.24, 2.45) is 0 Å². The van der Waals surface area contributed by atoms with Crippen molar-refractivity contribution in [1.29, 1.82) is 0 Å². The number of fused-ring (bicyclic) bond motifs is 3. The highest BCUT2D eigenvalue weighted by Crippen LogP contribution is 2.31. The third-order valence-corrected chi connectivity index (χ3v) is 3.40. The highest BCUT2D eigenvalue weighted by Gasteiger charge is 2.27. The van der Waals surface area contributed by atoms with E-state index in [0.29, 0.717) is 12.2 Å². The minimum absolute atomic E-state index is 0.379. The molecule has 5 heteroatoms. The fraction of sp³-hybridized carbons (Fsp3) is 0.375. The second-order valence-corrected chi connectivity index (χ2v) is 6.23. The number of esters is 1. The minimum Gasteiger partial charge on any atom is -0.455 e. The molecule has 3 rings (SSSR count). The van der Waals surface area contributed by atoms with Gasteiger partial charge in [0.25, 0.3) is 0 Å². The Morgan fingerprint density at radius 1 is 1.38 bits per heavy atom. The molecule has 2 heterocycles. The zero-order valence-corrected chi connectivity index (χ0v) is 12.7. The summed E-state index contributed by atoms with van der Waals surface area (Å²) in [6.45, 7) is 8.17. The van der Waals surface area contributed by atoms with Gasteiger partial charge in [-0.1, -0.05) is 12.1 Å². The normalized spacial score (nSPS) is 13.1. The second-order valence-electron chi connectivity index (χ2n) is 6.23. The Morgan fingerprint density at radius 2 is 2.14 bits per heavy atom. The first-order chi connectivity index (χ1) is 9.87. The molecule has 21 heavy (non-hydrogen) atoms. The van der Waals surface area contributed by atoms with Crippen molar-refractivity contribution in [1.82, 2.24) is 9.55 Å². The van der Waals surface area contributed by atoms with E-state index < -0.39 is 5.60 Å². The van der Waals surface area contributed by atoms with Crippen molar-refractivity contribution in [3.8, 4) is 5.69 Å². The lowest BCUT2D eigenvalue weighted by atomic mass is 10.1. The lowest BCUT2D eigenvalue weighted by Crippen LogP contribution is -2.26.